The van der Waals surface area contributed by atoms with Crippen molar-refractivity contribution in [2.45, 2.75) is 25.2 Å². The van der Waals surface area contributed by atoms with Gasteiger partial charge in [0.25, 0.3) is 0 Å². The lowest BCUT2D eigenvalue weighted by molar-refractivity contribution is -0.146. The second-order valence-electron chi connectivity index (χ2n) is 6.39. The standard InChI is InChI=1S/C18H20N4O5/c1-26-17(24)16-15-13(9-19-21(15)7-8-23)14-10-20(16)18(25)22(14)27-11-12-5-3-2-4-6-12/h2-6,9,14,16,23H,7-8,10-11H2,1H3/t14-,16-/m0/s1. The summed E-state index contributed by atoms with van der Waals surface area (Å²) >= 11 is 0. The van der Waals surface area contributed by atoms with E-state index < -0.39 is 18.0 Å². The van der Waals surface area contributed by atoms with Crippen LogP contribution in [0.4, 0.5) is 4.79 Å². The van der Waals surface area contributed by atoms with Gasteiger partial charge in [0.1, 0.15) is 12.6 Å². The third-order valence-electron chi connectivity index (χ3n) is 4.88. The van der Waals surface area contributed by atoms with Crippen LogP contribution in [0.3, 0.4) is 0 Å². The number of nitrogens with zero attached hydrogens (tertiary/aromatic N) is 4. The SMILES string of the molecule is COC(=O)[C@@H]1c2c(cnn2CCO)[C@@H]2CN1C(=O)N2OCc1ccccc1. The van der Waals surface area contributed by atoms with Crippen molar-refractivity contribution in [2.24, 2.45) is 0 Å². The molecule has 2 bridgehead atoms. The van der Waals surface area contributed by atoms with Gasteiger partial charge < -0.3 is 14.7 Å². The summed E-state index contributed by atoms with van der Waals surface area (Å²) in [5.74, 6) is -0.548. The lowest BCUT2D eigenvalue weighted by Crippen LogP contribution is -2.40. The molecule has 0 aliphatic carbocycles. The van der Waals surface area contributed by atoms with Gasteiger partial charge in [-0.15, -0.1) is 0 Å². The minimum Gasteiger partial charge on any atom is -0.467 e. The smallest absolute Gasteiger partial charge is 0.345 e. The Labute approximate surface area is 155 Å². The maximum Gasteiger partial charge on any atom is 0.345 e. The molecule has 1 saturated heterocycles. The summed E-state index contributed by atoms with van der Waals surface area (Å²) in [4.78, 5) is 32.6. The van der Waals surface area contributed by atoms with Crippen LogP contribution in [0.1, 0.15) is 28.9 Å². The monoisotopic (exact) mass is 372 g/mol. The number of benzene rings is 1. The van der Waals surface area contributed by atoms with Gasteiger partial charge in [-0.3, -0.25) is 9.52 Å². The van der Waals surface area contributed by atoms with E-state index in [4.69, 9.17) is 9.57 Å². The van der Waals surface area contributed by atoms with E-state index in [0.717, 1.165) is 11.1 Å². The lowest BCUT2D eigenvalue weighted by atomic mass is 9.98. The van der Waals surface area contributed by atoms with Crippen LogP contribution in [0, 0.1) is 0 Å². The fraction of sp³-hybridized carbons (Fsp3) is 0.389. The summed E-state index contributed by atoms with van der Waals surface area (Å²) in [6.45, 7) is 0.641. The molecule has 4 rings (SSSR count). The van der Waals surface area contributed by atoms with Gasteiger partial charge >= 0.3 is 12.0 Å². The summed E-state index contributed by atoms with van der Waals surface area (Å²) in [7, 11) is 1.28. The number of esters is 1. The molecule has 9 nitrogen and oxygen atoms in total. The second kappa shape index (κ2) is 7.01. The minimum atomic E-state index is -0.909. The molecule has 1 aromatic carbocycles. The zero-order valence-corrected chi connectivity index (χ0v) is 14.8. The van der Waals surface area contributed by atoms with E-state index in [0.29, 0.717) is 12.2 Å². The number of fused-ring (bicyclic) bond motifs is 4. The topological polar surface area (TPSA) is 97.1 Å². The van der Waals surface area contributed by atoms with Crippen LogP contribution in [0.5, 0.6) is 0 Å². The van der Waals surface area contributed by atoms with Crippen molar-refractivity contribution < 1.29 is 24.3 Å². The van der Waals surface area contributed by atoms with E-state index >= 15 is 0 Å². The normalized spacial score (nSPS) is 20.7. The zero-order valence-electron chi connectivity index (χ0n) is 14.8. The number of methoxy groups -OCH3 is 1. The third-order valence-corrected chi connectivity index (χ3v) is 4.88. The molecular weight excluding hydrogens is 352 g/mol. The predicted molar refractivity (Wildman–Crippen MR) is 92.0 cm³/mol. The summed E-state index contributed by atoms with van der Waals surface area (Å²) < 4.78 is 6.46. The molecule has 0 radical (unpaired) electrons. The van der Waals surface area contributed by atoms with Crippen molar-refractivity contribution in [2.75, 3.05) is 20.3 Å². The number of aliphatic hydroxyl groups excluding tert-OH is 1. The number of ether oxygens (including phenoxy) is 1. The van der Waals surface area contributed by atoms with Crippen LogP contribution in [0.15, 0.2) is 36.5 Å². The first-order valence-electron chi connectivity index (χ1n) is 8.66. The molecule has 0 spiro atoms. The van der Waals surface area contributed by atoms with Gasteiger partial charge in [-0.2, -0.15) is 10.2 Å². The molecule has 0 unspecified atom stereocenters. The first-order valence-corrected chi connectivity index (χ1v) is 8.66. The molecule has 2 amide bonds. The molecule has 2 atom stereocenters. The predicted octanol–water partition coefficient (Wildman–Crippen LogP) is 1.01. The van der Waals surface area contributed by atoms with E-state index in [2.05, 4.69) is 5.10 Å². The Kier molecular flexibility index (Phi) is 4.54. The average Bonchev–Trinajstić information content (AvgIpc) is 3.22. The van der Waals surface area contributed by atoms with Crippen LogP contribution >= 0.6 is 0 Å². The summed E-state index contributed by atoms with van der Waals surface area (Å²) in [6.07, 6.45) is 1.63. The molecule has 142 valence electrons. The van der Waals surface area contributed by atoms with E-state index in [1.165, 1.54) is 17.1 Å². The molecule has 9 heteroatoms. The van der Waals surface area contributed by atoms with Gasteiger partial charge in [0.15, 0.2) is 6.04 Å². The molecule has 27 heavy (non-hydrogen) atoms. The second-order valence-corrected chi connectivity index (χ2v) is 6.39. The fourth-order valence-corrected chi connectivity index (χ4v) is 3.64. The summed E-state index contributed by atoms with van der Waals surface area (Å²) in [6, 6.07) is 7.86. The molecule has 1 fully saturated rings. The van der Waals surface area contributed by atoms with Crippen molar-refractivity contribution in [1.82, 2.24) is 19.7 Å². The van der Waals surface area contributed by atoms with Crippen molar-refractivity contribution in [3.63, 3.8) is 0 Å². The Morgan fingerprint density at radius 1 is 1.33 bits per heavy atom. The van der Waals surface area contributed by atoms with E-state index in [1.807, 2.05) is 30.3 Å². The molecule has 1 aromatic heterocycles. The Hall–Kier alpha value is -2.91. The molecule has 2 aromatic rings. The number of aliphatic hydroxyl groups is 1. The van der Waals surface area contributed by atoms with Gasteiger partial charge in [-0.05, 0) is 5.56 Å². The quantitative estimate of drug-likeness (QED) is 0.761. The summed E-state index contributed by atoms with van der Waals surface area (Å²) in [5.41, 5.74) is 2.22. The number of hydrogen-bond acceptors (Lipinski definition) is 6. The number of aromatic nitrogens is 2. The van der Waals surface area contributed by atoms with Crippen molar-refractivity contribution in [3.05, 3.63) is 53.3 Å². The molecule has 2 aliphatic rings. The van der Waals surface area contributed by atoms with Crippen LogP contribution in [0.2, 0.25) is 0 Å². The number of rotatable bonds is 6. The largest absolute Gasteiger partial charge is 0.467 e. The number of hydroxylamine groups is 2. The van der Waals surface area contributed by atoms with Gasteiger partial charge in [0, 0.05) is 5.56 Å². The summed E-state index contributed by atoms with van der Waals surface area (Å²) in [5, 5.41) is 14.9. The first-order chi connectivity index (χ1) is 13.2. The van der Waals surface area contributed by atoms with Gasteiger partial charge in [0.05, 0.1) is 38.7 Å². The molecule has 2 aliphatic heterocycles. The Morgan fingerprint density at radius 2 is 2.11 bits per heavy atom. The van der Waals surface area contributed by atoms with E-state index in [9.17, 15) is 14.7 Å². The lowest BCUT2D eigenvalue weighted by Gasteiger charge is -2.29. The Bertz CT molecular complexity index is 853. The van der Waals surface area contributed by atoms with E-state index in [-0.39, 0.29) is 25.8 Å². The van der Waals surface area contributed by atoms with Gasteiger partial charge in [0.2, 0.25) is 0 Å². The van der Waals surface area contributed by atoms with Crippen LogP contribution in [0.25, 0.3) is 0 Å². The first kappa shape index (κ1) is 17.5. The van der Waals surface area contributed by atoms with Gasteiger partial charge in [-0.25, -0.2) is 9.59 Å². The molecule has 3 heterocycles. The molecular formula is C18H20N4O5. The van der Waals surface area contributed by atoms with Crippen LogP contribution in [-0.4, -0.2) is 57.1 Å². The number of carbonyl (C=O) groups excluding carboxylic acids is 2. The zero-order chi connectivity index (χ0) is 19.0. The van der Waals surface area contributed by atoms with Crippen molar-refractivity contribution in [3.8, 4) is 0 Å². The van der Waals surface area contributed by atoms with Crippen molar-refractivity contribution >= 4 is 12.0 Å². The minimum absolute atomic E-state index is 0.130. The molecule has 1 N–H and O–H groups in total. The van der Waals surface area contributed by atoms with Crippen LogP contribution in [-0.2, 0) is 27.5 Å². The number of carbonyl (C=O) groups is 2. The highest BCUT2D eigenvalue weighted by Gasteiger charge is 2.53. The highest BCUT2D eigenvalue weighted by atomic mass is 16.7. The average molecular weight is 372 g/mol. The number of hydrogen-bond donors (Lipinski definition) is 1. The van der Waals surface area contributed by atoms with Crippen molar-refractivity contribution in [1.29, 1.82) is 0 Å². The fourth-order valence-electron chi connectivity index (χ4n) is 3.64. The highest BCUT2D eigenvalue weighted by molar-refractivity contribution is 5.87. The Morgan fingerprint density at radius 3 is 2.81 bits per heavy atom. The highest BCUT2D eigenvalue weighted by Crippen LogP contribution is 2.44. The number of amides is 2. The Balaban J connectivity index is 1.67. The van der Waals surface area contributed by atoms with Crippen LogP contribution < -0.4 is 0 Å². The van der Waals surface area contributed by atoms with Gasteiger partial charge in [-0.1, -0.05) is 30.3 Å². The molecule has 0 saturated carbocycles. The number of urea groups is 1. The third kappa shape index (κ3) is 2.84. The van der Waals surface area contributed by atoms with E-state index in [1.54, 1.807) is 10.9 Å². The maximum absolute atomic E-state index is 12.9. The maximum atomic E-state index is 12.9.